The second kappa shape index (κ2) is 7.89. The van der Waals surface area contributed by atoms with E-state index in [2.05, 4.69) is 24.1 Å². The Morgan fingerprint density at radius 3 is 2.46 bits per heavy atom. The molecule has 2 unspecified atom stereocenters. The second-order valence-electron chi connectivity index (χ2n) is 7.15. The minimum absolute atomic E-state index is 0.197. The van der Waals surface area contributed by atoms with Crippen molar-refractivity contribution in [3.63, 3.8) is 0 Å². The molecule has 1 fully saturated rings. The van der Waals surface area contributed by atoms with Gasteiger partial charge in [0.2, 0.25) is 0 Å². The number of morpholine rings is 1. The Labute approximate surface area is 169 Å². The lowest BCUT2D eigenvalue weighted by Gasteiger charge is -2.36. The molecule has 1 saturated heterocycles. The van der Waals surface area contributed by atoms with Gasteiger partial charge < -0.3 is 24.4 Å². The molecule has 2 aliphatic rings. The molecule has 0 aliphatic carbocycles. The third-order valence-electron chi connectivity index (χ3n) is 4.77. The van der Waals surface area contributed by atoms with Gasteiger partial charge in [-0.1, -0.05) is 11.6 Å². The van der Waals surface area contributed by atoms with Crippen molar-refractivity contribution >= 4 is 28.9 Å². The van der Waals surface area contributed by atoms with E-state index in [4.69, 9.17) is 25.8 Å². The minimum atomic E-state index is -0.250. The van der Waals surface area contributed by atoms with Gasteiger partial charge in [-0.2, -0.15) is 0 Å². The van der Waals surface area contributed by atoms with Gasteiger partial charge >= 0.3 is 0 Å². The predicted octanol–water partition coefficient (Wildman–Crippen LogP) is 3.98. The lowest BCUT2D eigenvalue weighted by Crippen LogP contribution is -2.45. The van der Waals surface area contributed by atoms with Crippen LogP contribution < -0.4 is 19.7 Å². The summed E-state index contributed by atoms with van der Waals surface area (Å²) in [5.74, 6) is 0.734. The molecule has 7 heteroatoms. The number of hydrogen-bond acceptors (Lipinski definition) is 5. The van der Waals surface area contributed by atoms with E-state index in [-0.39, 0.29) is 18.1 Å². The molecule has 0 spiro atoms. The van der Waals surface area contributed by atoms with Crippen LogP contribution in [0, 0.1) is 0 Å². The van der Waals surface area contributed by atoms with Crippen molar-refractivity contribution in [2.45, 2.75) is 26.1 Å². The topological polar surface area (TPSA) is 60.0 Å². The molecule has 0 bridgehead atoms. The van der Waals surface area contributed by atoms with E-state index in [1.807, 2.05) is 24.3 Å². The molecule has 1 N–H and O–H groups in total. The van der Waals surface area contributed by atoms with Crippen LogP contribution in [0.15, 0.2) is 36.4 Å². The fourth-order valence-corrected chi connectivity index (χ4v) is 3.85. The molecule has 6 nitrogen and oxygen atoms in total. The number of carbonyl (C=O) groups excluding carboxylic acids is 1. The van der Waals surface area contributed by atoms with Crippen LogP contribution in [0.2, 0.25) is 5.02 Å². The van der Waals surface area contributed by atoms with Gasteiger partial charge in [0, 0.05) is 30.0 Å². The number of anilines is 2. The van der Waals surface area contributed by atoms with Gasteiger partial charge in [0.05, 0.1) is 17.2 Å². The summed E-state index contributed by atoms with van der Waals surface area (Å²) in [5, 5.41) is 3.27. The summed E-state index contributed by atoms with van der Waals surface area (Å²) < 4.78 is 16.8. The minimum Gasteiger partial charge on any atom is -0.486 e. The first kappa shape index (κ1) is 18.9. The molecule has 148 valence electrons. The van der Waals surface area contributed by atoms with Gasteiger partial charge in [-0.25, -0.2) is 0 Å². The summed E-state index contributed by atoms with van der Waals surface area (Å²) in [6.45, 7) is 6.75. The highest BCUT2D eigenvalue weighted by atomic mass is 35.5. The number of ether oxygens (including phenoxy) is 3. The standard InChI is InChI=1S/C21H23ClN2O4/c1-13-11-24(12-14(2)28-13)17-5-3-16(4-6-17)23-21(25)15-9-18(22)20-19(10-15)26-7-8-27-20/h3-6,9-10,13-14H,7-8,11-12H2,1-2H3,(H,23,25). The van der Waals surface area contributed by atoms with Crippen molar-refractivity contribution in [2.75, 3.05) is 36.5 Å². The fourth-order valence-electron chi connectivity index (χ4n) is 3.59. The monoisotopic (exact) mass is 402 g/mol. The summed E-state index contributed by atoms with van der Waals surface area (Å²) in [6.07, 6.45) is 0.395. The quantitative estimate of drug-likeness (QED) is 0.841. The average molecular weight is 403 g/mol. The third kappa shape index (κ3) is 4.03. The maximum atomic E-state index is 12.6. The zero-order valence-corrected chi connectivity index (χ0v) is 16.7. The van der Waals surface area contributed by atoms with Crippen LogP contribution in [-0.2, 0) is 4.74 Å². The first-order chi connectivity index (χ1) is 13.5. The number of benzene rings is 2. The molecule has 2 aromatic carbocycles. The fraction of sp³-hybridized carbons (Fsp3) is 0.381. The predicted molar refractivity (Wildman–Crippen MR) is 109 cm³/mol. The molecule has 28 heavy (non-hydrogen) atoms. The van der Waals surface area contributed by atoms with Gasteiger partial charge in [-0.3, -0.25) is 4.79 Å². The van der Waals surface area contributed by atoms with Crippen molar-refractivity contribution in [3.8, 4) is 11.5 Å². The van der Waals surface area contributed by atoms with Gasteiger partial charge in [-0.15, -0.1) is 0 Å². The first-order valence-electron chi connectivity index (χ1n) is 9.40. The molecule has 2 aliphatic heterocycles. The van der Waals surface area contributed by atoms with Crippen molar-refractivity contribution < 1.29 is 19.0 Å². The number of halogens is 1. The van der Waals surface area contributed by atoms with Crippen LogP contribution in [0.25, 0.3) is 0 Å². The Morgan fingerprint density at radius 2 is 1.75 bits per heavy atom. The average Bonchev–Trinajstić information content (AvgIpc) is 2.68. The normalized spacial score (nSPS) is 21.3. The number of nitrogens with zero attached hydrogens (tertiary/aromatic N) is 1. The SMILES string of the molecule is CC1CN(c2ccc(NC(=O)c3cc(Cl)c4c(c3)OCCO4)cc2)CC(C)O1. The number of rotatable bonds is 3. The van der Waals surface area contributed by atoms with Crippen LogP contribution in [0.4, 0.5) is 11.4 Å². The number of nitrogens with one attached hydrogen (secondary N) is 1. The zero-order chi connectivity index (χ0) is 19.7. The van der Waals surface area contributed by atoms with Crippen LogP contribution in [0.1, 0.15) is 24.2 Å². The number of hydrogen-bond donors (Lipinski definition) is 1. The molecule has 2 atom stereocenters. The zero-order valence-electron chi connectivity index (χ0n) is 15.9. The van der Waals surface area contributed by atoms with Gasteiger partial charge in [0.25, 0.3) is 5.91 Å². The highest BCUT2D eigenvalue weighted by molar-refractivity contribution is 6.32. The van der Waals surface area contributed by atoms with Crippen molar-refractivity contribution in [1.29, 1.82) is 0 Å². The van der Waals surface area contributed by atoms with Gasteiger partial charge in [-0.05, 0) is 50.2 Å². The number of fused-ring (bicyclic) bond motifs is 1. The largest absolute Gasteiger partial charge is 0.486 e. The Balaban J connectivity index is 1.46. The van der Waals surface area contributed by atoms with Crippen LogP contribution in [0.3, 0.4) is 0 Å². The van der Waals surface area contributed by atoms with E-state index in [0.717, 1.165) is 18.8 Å². The molecular formula is C21H23ClN2O4. The lowest BCUT2D eigenvalue weighted by atomic mass is 10.1. The van der Waals surface area contributed by atoms with E-state index < -0.39 is 0 Å². The van der Waals surface area contributed by atoms with Gasteiger partial charge in [0.1, 0.15) is 13.2 Å². The summed E-state index contributed by atoms with van der Waals surface area (Å²) >= 11 is 6.22. The molecule has 2 aromatic rings. The molecule has 0 saturated carbocycles. The number of carbonyl (C=O) groups is 1. The smallest absolute Gasteiger partial charge is 0.255 e. The molecule has 1 amide bonds. The maximum absolute atomic E-state index is 12.6. The Bertz CT molecular complexity index is 861. The molecule has 2 heterocycles. The van der Waals surface area contributed by atoms with E-state index in [1.165, 1.54) is 0 Å². The molecule has 0 radical (unpaired) electrons. The van der Waals surface area contributed by atoms with Crippen molar-refractivity contribution in [3.05, 3.63) is 47.0 Å². The Hall–Kier alpha value is -2.44. The van der Waals surface area contributed by atoms with Gasteiger partial charge in [0.15, 0.2) is 11.5 Å². The van der Waals surface area contributed by atoms with E-state index in [9.17, 15) is 4.79 Å². The maximum Gasteiger partial charge on any atom is 0.255 e. The first-order valence-corrected chi connectivity index (χ1v) is 9.78. The van der Waals surface area contributed by atoms with Crippen molar-refractivity contribution in [1.82, 2.24) is 0 Å². The van der Waals surface area contributed by atoms with Crippen LogP contribution in [-0.4, -0.2) is 44.4 Å². The van der Waals surface area contributed by atoms with E-state index >= 15 is 0 Å². The molecule has 4 rings (SSSR count). The van der Waals surface area contributed by atoms with Crippen LogP contribution in [0.5, 0.6) is 11.5 Å². The summed E-state index contributed by atoms with van der Waals surface area (Å²) in [6, 6.07) is 11.1. The molecular weight excluding hydrogens is 380 g/mol. The van der Waals surface area contributed by atoms with E-state index in [1.54, 1.807) is 12.1 Å². The van der Waals surface area contributed by atoms with Crippen molar-refractivity contribution in [2.24, 2.45) is 0 Å². The summed E-state index contributed by atoms with van der Waals surface area (Å²) in [7, 11) is 0. The van der Waals surface area contributed by atoms with Crippen LogP contribution >= 0.6 is 11.6 Å². The highest BCUT2D eigenvalue weighted by Gasteiger charge is 2.23. The third-order valence-corrected chi connectivity index (χ3v) is 5.05. The Kier molecular flexibility index (Phi) is 5.33. The number of amides is 1. The lowest BCUT2D eigenvalue weighted by molar-refractivity contribution is -0.00521. The van der Waals surface area contributed by atoms with E-state index in [0.29, 0.717) is 41.0 Å². The highest BCUT2D eigenvalue weighted by Crippen LogP contribution is 2.38. The summed E-state index contributed by atoms with van der Waals surface area (Å²) in [5.41, 5.74) is 2.26. The second-order valence-corrected chi connectivity index (χ2v) is 7.55. The summed E-state index contributed by atoms with van der Waals surface area (Å²) in [4.78, 5) is 14.9. The Morgan fingerprint density at radius 1 is 1.07 bits per heavy atom. The molecule has 0 aromatic heterocycles.